The van der Waals surface area contributed by atoms with Crippen LogP contribution in [0.25, 0.3) is 5.69 Å². The molecule has 1 aromatic carbocycles. The smallest absolute Gasteiger partial charge is 0.240 e. The number of aromatic nitrogens is 2. The number of rotatable bonds is 2. The molecule has 2 aromatic rings. The molecule has 2 rings (SSSR count). The largest absolute Gasteiger partial charge is 0.399 e. The molecule has 4 N–H and O–H groups in total. The normalized spacial score (nSPS) is 11.6. The van der Waals surface area contributed by atoms with Crippen LogP contribution >= 0.6 is 15.9 Å². The van der Waals surface area contributed by atoms with E-state index in [2.05, 4.69) is 21.0 Å². The zero-order valence-electron chi connectivity index (χ0n) is 8.54. The number of primary sulfonamides is 1. The molecule has 1 heterocycles. The third-order valence-electron chi connectivity index (χ3n) is 2.09. The van der Waals surface area contributed by atoms with Gasteiger partial charge in [0, 0.05) is 11.9 Å². The first-order chi connectivity index (χ1) is 7.88. The van der Waals surface area contributed by atoms with Gasteiger partial charge in [-0.2, -0.15) is 5.10 Å². The predicted molar refractivity (Wildman–Crippen MR) is 67.0 cm³/mol. The van der Waals surface area contributed by atoms with E-state index in [9.17, 15) is 8.42 Å². The predicted octanol–water partition coefficient (Wildman–Crippen LogP) is 0.864. The second kappa shape index (κ2) is 4.13. The highest BCUT2D eigenvalue weighted by atomic mass is 79.9. The molecular formula is C9H9BrN4O2S. The van der Waals surface area contributed by atoms with E-state index in [1.165, 1.54) is 10.7 Å². The number of sulfonamides is 1. The monoisotopic (exact) mass is 316 g/mol. The Kier molecular flexibility index (Phi) is 2.94. The number of anilines is 1. The number of nitrogens with zero attached hydrogens (tertiary/aromatic N) is 2. The molecule has 0 atom stereocenters. The molecule has 6 nitrogen and oxygen atoms in total. The summed E-state index contributed by atoms with van der Waals surface area (Å²) in [4.78, 5) is -0.0619. The van der Waals surface area contributed by atoms with Crippen molar-refractivity contribution >= 4 is 31.6 Å². The van der Waals surface area contributed by atoms with Gasteiger partial charge >= 0.3 is 0 Å². The van der Waals surface area contributed by atoms with Crippen LogP contribution in [0.15, 0.2) is 40.0 Å². The van der Waals surface area contributed by atoms with E-state index in [4.69, 9.17) is 10.9 Å². The second-order valence-corrected chi connectivity index (χ2v) is 5.82. The van der Waals surface area contributed by atoms with Gasteiger partial charge in [-0.15, -0.1) is 0 Å². The Labute approximate surface area is 106 Å². The average molecular weight is 317 g/mol. The first-order valence-electron chi connectivity index (χ1n) is 4.51. The van der Waals surface area contributed by atoms with Crippen molar-refractivity contribution in [1.82, 2.24) is 9.78 Å². The van der Waals surface area contributed by atoms with Crippen LogP contribution in [0.3, 0.4) is 0 Å². The van der Waals surface area contributed by atoms with Gasteiger partial charge < -0.3 is 5.73 Å². The molecule has 0 spiro atoms. The molecule has 90 valence electrons. The summed E-state index contributed by atoms with van der Waals surface area (Å²) >= 11 is 3.23. The fraction of sp³-hybridized carbons (Fsp3) is 0. The fourth-order valence-electron chi connectivity index (χ4n) is 1.38. The maximum Gasteiger partial charge on any atom is 0.240 e. The number of nitrogens with two attached hydrogens (primary N) is 2. The molecule has 0 aliphatic rings. The highest BCUT2D eigenvalue weighted by Gasteiger charge is 2.16. The minimum atomic E-state index is -3.85. The lowest BCUT2D eigenvalue weighted by atomic mass is 10.3. The van der Waals surface area contributed by atoms with E-state index in [1.807, 2.05) is 0 Å². The second-order valence-electron chi connectivity index (χ2n) is 3.38. The van der Waals surface area contributed by atoms with E-state index in [1.54, 1.807) is 24.5 Å². The number of benzene rings is 1. The summed E-state index contributed by atoms with van der Waals surface area (Å²) in [7, 11) is -3.85. The van der Waals surface area contributed by atoms with Crippen molar-refractivity contribution in [2.45, 2.75) is 4.90 Å². The van der Waals surface area contributed by atoms with Gasteiger partial charge in [-0.1, -0.05) is 0 Å². The maximum absolute atomic E-state index is 11.5. The van der Waals surface area contributed by atoms with Crippen molar-refractivity contribution in [1.29, 1.82) is 0 Å². The maximum atomic E-state index is 11.5. The van der Waals surface area contributed by atoms with E-state index in [-0.39, 0.29) is 4.90 Å². The number of hydrogen-bond donors (Lipinski definition) is 2. The van der Waals surface area contributed by atoms with Gasteiger partial charge in [0.25, 0.3) is 0 Å². The van der Waals surface area contributed by atoms with Crippen LogP contribution in [0.4, 0.5) is 5.69 Å². The Balaban J connectivity index is 2.70. The van der Waals surface area contributed by atoms with Crippen molar-refractivity contribution in [3.8, 4) is 5.69 Å². The summed E-state index contributed by atoms with van der Waals surface area (Å²) in [5.41, 5.74) is 6.23. The van der Waals surface area contributed by atoms with Crippen molar-refractivity contribution in [2.24, 2.45) is 5.14 Å². The van der Waals surface area contributed by atoms with Crippen LogP contribution in [0.5, 0.6) is 0 Å². The standard InChI is InChI=1S/C9H9BrN4O2S/c10-6-4-13-14(5-6)8-2-1-7(11)3-9(8)17(12,15)16/h1-5H,11H2,(H2,12,15,16). The Morgan fingerprint density at radius 3 is 2.59 bits per heavy atom. The number of hydrogen-bond acceptors (Lipinski definition) is 4. The molecule has 0 bridgehead atoms. The third kappa shape index (κ3) is 2.48. The molecule has 0 saturated heterocycles. The summed E-state index contributed by atoms with van der Waals surface area (Å²) in [6.07, 6.45) is 3.17. The molecular weight excluding hydrogens is 308 g/mol. The highest BCUT2D eigenvalue weighted by Crippen LogP contribution is 2.22. The van der Waals surface area contributed by atoms with Gasteiger partial charge in [0.1, 0.15) is 4.90 Å². The van der Waals surface area contributed by atoms with Crippen molar-refractivity contribution < 1.29 is 8.42 Å². The summed E-state index contributed by atoms with van der Waals surface area (Å²) in [5, 5.41) is 9.13. The molecule has 0 radical (unpaired) electrons. The lowest BCUT2D eigenvalue weighted by Gasteiger charge is -2.08. The van der Waals surface area contributed by atoms with Gasteiger partial charge in [0.2, 0.25) is 10.0 Å². The average Bonchev–Trinajstić information content (AvgIpc) is 2.63. The minimum absolute atomic E-state index is 0.0619. The molecule has 0 saturated carbocycles. The Morgan fingerprint density at radius 1 is 1.35 bits per heavy atom. The summed E-state index contributed by atoms with van der Waals surface area (Å²) in [6, 6.07) is 4.44. The van der Waals surface area contributed by atoms with Gasteiger partial charge in [0.15, 0.2) is 0 Å². The van der Waals surface area contributed by atoms with Gasteiger partial charge in [-0.25, -0.2) is 18.2 Å². The van der Waals surface area contributed by atoms with Gasteiger partial charge in [-0.3, -0.25) is 0 Å². The molecule has 0 aliphatic carbocycles. The molecule has 1 aromatic heterocycles. The topological polar surface area (TPSA) is 104 Å². The van der Waals surface area contributed by atoms with E-state index >= 15 is 0 Å². The summed E-state index contributed by atoms with van der Waals surface area (Å²) in [6.45, 7) is 0. The molecule has 0 fully saturated rings. The highest BCUT2D eigenvalue weighted by molar-refractivity contribution is 9.10. The summed E-state index contributed by atoms with van der Waals surface area (Å²) < 4.78 is 25.0. The van der Waals surface area contributed by atoms with Crippen LogP contribution in [-0.2, 0) is 10.0 Å². The van der Waals surface area contributed by atoms with E-state index in [0.29, 0.717) is 11.4 Å². The lowest BCUT2D eigenvalue weighted by molar-refractivity contribution is 0.596. The van der Waals surface area contributed by atoms with Crippen molar-refractivity contribution in [3.05, 3.63) is 35.1 Å². The molecule has 8 heteroatoms. The molecule has 0 unspecified atom stereocenters. The number of nitrogen functional groups attached to an aromatic ring is 1. The number of halogens is 1. The SMILES string of the molecule is Nc1ccc(-n2cc(Br)cn2)c(S(N)(=O)=O)c1. The lowest BCUT2D eigenvalue weighted by Crippen LogP contribution is -2.16. The van der Waals surface area contributed by atoms with Crippen LogP contribution in [0, 0.1) is 0 Å². The fourth-order valence-corrected chi connectivity index (χ4v) is 2.42. The Bertz CT molecular complexity index is 665. The van der Waals surface area contributed by atoms with E-state index in [0.717, 1.165) is 4.47 Å². The van der Waals surface area contributed by atoms with Crippen molar-refractivity contribution in [2.75, 3.05) is 5.73 Å². The minimum Gasteiger partial charge on any atom is -0.399 e. The van der Waals surface area contributed by atoms with Gasteiger partial charge in [0.05, 0.1) is 16.4 Å². The first-order valence-corrected chi connectivity index (χ1v) is 6.85. The Morgan fingerprint density at radius 2 is 2.06 bits per heavy atom. The molecule has 0 amide bonds. The summed E-state index contributed by atoms with van der Waals surface area (Å²) in [5.74, 6) is 0. The van der Waals surface area contributed by atoms with Crippen molar-refractivity contribution in [3.63, 3.8) is 0 Å². The van der Waals surface area contributed by atoms with Crippen LogP contribution < -0.4 is 10.9 Å². The quantitative estimate of drug-likeness (QED) is 0.802. The van der Waals surface area contributed by atoms with Crippen LogP contribution in [-0.4, -0.2) is 18.2 Å². The van der Waals surface area contributed by atoms with Gasteiger partial charge in [-0.05, 0) is 34.1 Å². The molecule has 17 heavy (non-hydrogen) atoms. The molecule has 0 aliphatic heterocycles. The van der Waals surface area contributed by atoms with E-state index < -0.39 is 10.0 Å². The van der Waals surface area contributed by atoms with Crippen LogP contribution in [0.2, 0.25) is 0 Å². The zero-order valence-corrected chi connectivity index (χ0v) is 10.9. The first kappa shape index (κ1) is 12.1. The van der Waals surface area contributed by atoms with Crippen LogP contribution in [0.1, 0.15) is 0 Å². The zero-order chi connectivity index (χ0) is 12.6. The Hall–Kier alpha value is -1.38. The third-order valence-corrected chi connectivity index (χ3v) is 3.44.